The van der Waals surface area contributed by atoms with E-state index in [-0.39, 0.29) is 18.1 Å². The van der Waals surface area contributed by atoms with Gasteiger partial charge < -0.3 is 19.9 Å². The van der Waals surface area contributed by atoms with E-state index in [1.165, 1.54) is 13.2 Å². The Hall–Kier alpha value is -3.53. The second-order valence-electron chi connectivity index (χ2n) is 7.77. The summed E-state index contributed by atoms with van der Waals surface area (Å²) < 4.78 is 43.8. The van der Waals surface area contributed by atoms with Gasteiger partial charge in [-0.3, -0.25) is 9.69 Å². The van der Waals surface area contributed by atoms with E-state index in [0.717, 1.165) is 12.1 Å². The maximum atomic E-state index is 13.0. The summed E-state index contributed by atoms with van der Waals surface area (Å²) in [5.74, 6) is -0.881. The Morgan fingerprint density at radius 1 is 1.06 bits per heavy atom. The third kappa shape index (κ3) is 4.95. The van der Waals surface area contributed by atoms with Crippen LogP contribution in [0.2, 0.25) is 0 Å². The molecule has 33 heavy (non-hydrogen) atoms. The highest BCUT2D eigenvalue weighted by molar-refractivity contribution is 6.11. The number of benzene rings is 2. The average molecular weight is 460 g/mol. The van der Waals surface area contributed by atoms with Gasteiger partial charge in [-0.1, -0.05) is 24.3 Å². The van der Waals surface area contributed by atoms with Gasteiger partial charge >= 0.3 is 12.1 Å². The lowest BCUT2D eigenvalue weighted by Gasteiger charge is -2.36. The molecular weight excluding hydrogens is 437 g/mol. The molecule has 7 nitrogen and oxygen atoms in total. The van der Waals surface area contributed by atoms with Gasteiger partial charge in [0.05, 0.1) is 24.9 Å². The van der Waals surface area contributed by atoms with E-state index < -0.39 is 17.7 Å². The topological polar surface area (TPSA) is 77.7 Å². The van der Waals surface area contributed by atoms with Crippen molar-refractivity contribution in [2.24, 2.45) is 0 Å². The Morgan fingerprint density at radius 2 is 1.79 bits per heavy atom. The van der Waals surface area contributed by atoms with Gasteiger partial charge in [0.25, 0.3) is 0 Å². The first-order chi connectivity index (χ1) is 15.8. The summed E-state index contributed by atoms with van der Waals surface area (Å²) in [5, 5.41) is 3.51. The molecule has 0 aliphatic carbocycles. The van der Waals surface area contributed by atoms with E-state index in [9.17, 15) is 22.8 Å². The number of para-hydroxylation sites is 1. The number of fused-ring (bicyclic) bond motifs is 1. The first-order valence-corrected chi connectivity index (χ1v) is 10.4. The maximum absolute atomic E-state index is 13.0. The number of ether oxygens (including phenoxy) is 1. The molecule has 2 aromatic carbocycles. The van der Waals surface area contributed by atoms with Gasteiger partial charge in [0.2, 0.25) is 5.91 Å². The van der Waals surface area contributed by atoms with E-state index in [0.29, 0.717) is 48.5 Å². The van der Waals surface area contributed by atoms with Crippen LogP contribution in [0.5, 0.6) is 0 Å². The highest BCUT2D eigenvalue weighted by Crippen LogP contribution is 2.32. The van der Waals surface area contributed by atoms with Crippen LogP contribution in [0.4, 0.5) is 24.5 Å². The molecule has 174 valence electrons. The number of hydrogen-bond acceptors (Lipinski definition) is 5. The van der Waals surface area contributed by atoms with E-state index in [4.69, 9.17) is 4.74 Å². The molecule has 10 heteroatoms. The number of aromatic nitrogens is 1. The number of aromatic amines is 1. The van der Waals surface area contributed by atoms with E-state index in [1.807, 2.05) is 15.9 Å². The molecule has 0 saturated carbocycles. The second kappa shape index (κ2) is 9.14. The van der Waals surface area contributed by atoms with Crippen LogP contribution in [0.3, 0.4) is 0 Å². The molecule has 4 rings (SSSR count). The Labute approximate surface area is 188 Å². The highest BCUT2D eigenvalue weighted by atomic mass is 19.4. The van der Waals surface area contributed by atoms with Gasteiger partial charge in [-0.25, -0.2) is 4.79 Å². The molecule has 2 heterocycles. The number of alkyl halides is 3. The monoisotopic (exact) mass is 460 g/mol. The molecule has 0 atom stereocenters. The summed E-state index contributed by atoms with van der Waals surface area (Å²) in [5.41, 5.74) is 1.06. The smallest absolute Gasteiger partial charge is 0.416 e. The molecule has 0 radical (unpaired) electrons. The van der Waals surface area contributed by atoms with Crippen molar-refractivity contribution in [1.82, 2.24) is 9.88 Å². The van der Waals surface area contributed by atoms with Crippen LogP contribution < -0.4 is 10.2 Å². The predicted octanol–water partition coefficient (Wildman–Crippen LogP) is 3.73. The zero-order valence-electron chi connectivity index (χ0n) is 17.9. The van der Waals surface area contributed by atoms with E-state index in [2.05, 4.69) is 10.3 Å². The molecule has 1 aliphatic heterocycles. The number of rotatable bonds is 5. The third-order valence-corrected chi connectivity index (χ3v) is 5.64. The summed E-state index contributed by atoms with van der Waals surface area (Å²) in [6.45, 7) is 2.11. The molecule has 0 bridgehead atoms. The number of nitrogens with one attached hydrogen (secondary N) is 2. The Morgan fingerprint density at radius 3 is 2.48 bits per heavy atom. The zero-order valence-corrected chi connectivity index (χ0v) is 17.9. The molecule has 1 aromatic heterocycles. The Kier molecular flexibility index (Phi) is 6.28. The fraction of sp³-hybridized carbons (Fsp3) is 0.304. The number of methoxy groups -OCH3 is 1. The fourth-order valence-electron chi connectivity index (χ4n) is 3.95. The molecule has 1 saturated heterocycles. The molecule has 1 aliphatic rings. The number of hydrogen-bond donors (Lipinski definition) is 2. The van der Waals surface area contributed by atoms with Gasteiger partial charge in [0.15, 0.2) is 0 Å². The number of esters is 1. The average Bonchev–Trinajstić information content (AvgIpc) is 3.17. The number of carbonyl (C=O) groups is 2. The van der Waals surface area contributed by atoms with Crippen LogP contribution in [0.15, 0.2) is 48.5 Å². The fourth-order valence-corrected chi connectivity index (χ4v) is 3.95. The minimum absolute atomic E-state index is 0.0938. The van der Waals surface area contributed by atoms with Crippen molar-refractivity contribution in [2.45, 2.75) is 6.18 Å². The van der Waals surface area contributed by atoms with Crippen molar-refractivity contribution in [2.75, 3.05) is 50.1 Å². The van der Waals surface area contributed by atoms with Crippen LogP contribution in [-0.4, -0.2) is 61.6 Å². The van der Waals surface area contributed by atoms with Gasteiger partial charge in [0, 0.05) is 42.8 Å². The first kappa shape index (κ1) is 22.7. The molecular formula is C23H23F3N4O3. The summed E-state index contributed by atoms with van der Waals surface area (Å²) in [6.07, 6.45) is -4.39. The molecule has 0 spiro atoms. The van der Waals surface area contributed by atoms with Gasteiger partial charge in [-0.15, -0.1) is 0 Å². The molecule has 2 N–H and O–H groups in total. The number of nitrogens with zero attached hydrogens (tertiary/aromatic N) is 2. The van der Waals surface area contributed by atoms with Gasteiger partial charge in [-0.05, 0) is 24.3 Å². The van der Waals surface area contributed by atoms with Gasteiger partial charge in [-0.2, -0.15) is 13.2 Å². The van der Waals surface area contributed by atoms with E-state index in [1.54, 1.807) is 24.3 Å². The summed E-state index contributed by atoms with van der Waals surface area (Å²) in [4.78, 5) is 31.6. The standard InChI is InChI=1S/C23H23F3N4O3/c1-33-22(32)21-20(17-7-2-3-8-18(17)27-21)28-19(31)14-29-9-11-30(12-10-29)16-6-4-5-15(13-16)23(24,25)26/h2-8,13,27H,9-12,14H2,1H3,(H,28,31). The minimum Gasteiger partial charge on any atom is -0.464 e. The Balaban J connectivity index is 1.39. The van der Waals surface area contributed by atoms with E-state index >= 15 is 0 Å². The van der Waals surface area contributed by atoms with Gasteiger partial charge in [0.1, 0.15) is 5.69 Å². The minimum atomic E-state index is -4.39. The quantitative estimate of drug-likeness (QED) is 0.568. The lowest BCUT2D eigenvalue weighted by Crippen LogP contribution is -2.48. The highest BCUT2D eigenvalue weighted by Gasteiger charge is 2.31. The van der Waals surface area contributed by atoms with Crippen molar-refractivity contribution in [3.63, 3.8) is 0 Å². The summed E-state index contributed by atoms with van der Waals surface area (Å²) in [6, 6.07) is 12.5. The number of H-pyrrole nitrogens is 1. The van der Waals surface area contributed by atoms with Crippen LogP contribution in [-0.2, 0) is 15.7 Å². The number of carbonyl (C=O) groups excluding carboxylic acids is 2. The largest absolute Gasteiger partial charge is 0.464 e. The molecule has 1 amide bonds. The second-order valence-corrected chi connectivity index (χ2v) is 7.77. The van der Waals surface area contributed by atoms with Crippen molar-refractivity contribution in [1.29, 1.82) is 0 Å². The molecule has 3 aromatic rings. The molecule has 0 unspecified atom stereocenters. The number of piperazine rings is 1. The SMILES string of the molecule is COC(=O)c1[nH]c2ccccc2c1NC(=O)CN1CCN(c2cccc(C(F)(F)F)c2)CC1. The van der Waals surface area contributed by atoms with Crippen LogP contribution in [0.1, 0.15) is 16.1 Å². The summed E-state index contributed by atoms with van der Waals surface area (Å²) >= 11 is 0. The number of amides is 1. The zero-order chi connectivity index (χ0) is 23.6. The van der Waals surface area contributed by atoms with Crippen molar-refractivity contribution in [3.05, 3.63) is 59.8 Å². The molecule has 1 fully saturated rings. The Bertz CT molecular complexity index is 1170. The number of halogens is 3. The normalized spacial score (nSPS) is 15.0. The number of anilines is 2. The van der Waals surface area contributed by atoms with Crippen molar-refractivity contribution >= 4 is 34.2 Å². The summed E-state index contributed by atoms with van der Waals surface area (Å²) in [7, 11) is 1.27. The van der Waals surface area contributed by atoms with Crippen molar-refractivity contribution in [3.8, 4) is 0 Å². The maximum Gasteiger partial charge on any atom is 0.416 e. The lowest BCUT2D eigenvalue weighted by molar-refractivity contribution is -0.137. The first-order valence-electron chi connectivity index (χ1n) is 10.4. The predicted molar refractivity (Wildman–Crippen MR) is 118 cm³/mol. The van der Waals surface area contributed by atoms with Crippen LogP contribution in [0.25, 0.3) is 10.9 Å². The lowest BCUT2D eigenvalue weighted by atomic mass is 10.1. The van der Waals surface area contributed by atoms with Crippen molar-refractivity contribution < 1.29 is 27.5 Å². The van der Waals surface area contributed by atoms with Crippen LogP contribution >= 0.6 is 0 Å². The van der Waals surface area contributed by atoms with Crippen LogP contribution in [0, 0.1) is 0 Å². The third-order valence-electron chi connectivity index (χ3n) is 5.64.